The van der Waals surface area contributed by atoms with Gasteiger partial charge in [-0.1, -0.05) is 0 Å². The molecule has 3 aromatic rings. The summed E-state index contributed by atoms with van der Waals surface area (Å²) >= 11 is 0. The fourth-order valence-corrected chi connectivity index (χ4v) is 8.23. The van der Waals surface area contributed by atoms with E-state index in [0.717, 1.165) is 38.5 Å². The van der Waals surface area contributed by atoms with E-state index in [2.05, 4.69) is 25.6 Å². The van der Waals surface area contributed by atoms with Crippen molar-refractivity contribution in [3.05, 3.63) is 54.1 Å². The highest BCUT2D eigenvalue weighted by Crippen LogP contribution is 2.51. The summed E-state index contributed by atoms with van der Waals surface area (Å²) < 4.78 is 92.6. The molecule has 1 saturated heterocycles. The fourth-order valence-electron chi connectivity index (χ4n) is 6.42. The zero-order valence-corrected chi connectivity index (χ0v) is 24.1. The van der Waals surface area contributed by atoms with Gasteiger partial charge in [0.05, 0.1) is 17.0 Å². The summed E-state index contributed by atoms with van der Waals surface area (Å²) in [4.78, 5) is 12.7. The van der Waals surface area contributed by atoms with Crippen molar-refractivity contribution >= 4 is 21.7 Å². The van der Waals surface area contributed by atoms with Gasteiger partial charge in [0.15, 0.2) is 17.4 Å². The first-order valence-corrected chi connectivity index (χ1v) is 16.0. The summed E-state index contributed by atoms with van der Waals surface area (Å²) in [5.41, 5.74) is -0.942. The van der Waals surface area contributed by atoms with E-state index in [1.165, 1.54) is 12.4 Å². The highest BCUT2D eigenvalue weighted by Gasteiger charge is 2.43. The van der Waals surface area contributed by atoms with E-state index in [1.54, 1.807) is 18.2 Å². The fraction of sp³-hybridized carbons (Fsp3) is 0.483. The summed E-state index contributed by atoms with van der Waals surface area (Å²) in [5, 5.41) is 6.06. The molecule has 1 unspecified atom stereocenters. The highest BCUT2D eigenvalue weighted by molar-refractivity contribution is 7.92. The number of fused-ring (bicyclic) bond motifs is 3. The Morgan fingerprint density at radius 3 is 2.53 bits per heavy atom. The third-order valence-corrected chi connectivity index (χ3v) is 10.2. The van der Waals surface area contributed by atoms with E-state index in [-0.39, 0.29) is 42.2 Å². The number of hydrogen-bond acceptors (Lipinski definition) is 8. The van der Waals surface area contributed by atoms with Crippen LogP contribution in [0.4, 0.5) is 29.2 Å². The number of hydrogen-bond donors (Lipinski definition) is 3. The molecule has 3 heterocycles. The summed E-state index contributed by atoms with van der Waals surface area (Å²) in [6.07, 6.45) is 7.16. The van der Waals surface area contributed by atoms with Crippen molar-refractivity contribution in [3.63, 3.8) is 0 Å². The molecule has 4 aliphatic rings. The lowest BCUT2D eigenvalue weighted by molar-refractivity contribution is 0.0862. The van der Waals surface area contributed by atoms with Gasteiger partial charge in [-0.15, -0.1) is 0 Å². The van der Waals surface area contributed by atoms with E-state index >= 15 is 13.2 Å². The molecule has 3 aliphatic carbocycles. The molecule has 43 heavy (non-hydrogen) atoms. The van der Waals surface area contributed by atoms with E-state index in [9.17, 15) is 12.8 Å². The van der Waals surface area contributed by atoms with Gasteiger partial charge >= 0.3 is 0 Å². The molecule has 9 nitrogen and oxygen atoms in total. The molecule has 0 radical (unpaired) electrons. The predicted molar refractivity (Wildman–Crippen MR) is 152 cm³/mol. The minimum Gasteiger partial charge on any atom is -0.435 e. The molecule has 7 rings (SSSR count). The number of pyridine rings is 1. The minimum atomic E-state index is -4.17. The average molecular weight is 621 g/mol. The smallest absolute Gasteiger partial charge is 0.233 e. The first-order valence-electron chi connectivity index (χ1n) is 14.4. The number of anilines is 2. The largest absolute Gasteiger partial charge is 0.435 e. The second-order valence-electron chi connectivity index (χ2n) is 11.8. The Hall–Kier alpha value is -3.52. The van der Waals surface area contributed by atoms with Crippen molar-refractivity contribution in [2.45, 2.75) is 57.2 Å². The zero-order valence-electron chi connectivity index (χ0n) is 23.3. The number of sulfonamides is 1. The molecular formula is C29H32F4N6O3S. The molecule has 3 saturated carbocycles. The lowest BCUT2D eigenvalue weighted by Crippen LogP contribution is -2.44. The summed E-state index contributed by atoms with van der Waals surface area (Å²) in [7, 11) is -4.17. The number of benzene rings is 1. The zero-order chi connectivity index (χ0) is 30.2. The summed E-state index contributed by atoms with van der Waals surface area (Å²) in [6, 6.07) is 5.02. The molecule has 14 heteroatoms. The quantitative estimate of drug-likeness (QED) is 0.210. The number of nitrogens with zero attached hydrogens (tertiary/aromatic N) is 3. The van der Waals surface area contributed by atoms with Gasteiger partial charge in [-0.25, -0.2) is 36.5 Å². The Morgan fingerprint density at radius 2 is 1.79 bits per heavy atom. The van der Waals surface area contributed by atoms with Crippen LogP contribution >= 0.6 is 0 Å². The Balaban J connectivity index is 1.21. The number of nitrogens with one attached hydrogen (secondary N) is 3. The van der Waals surface area contributed by atoms with Crippen LogP contribution in [-0.2, 0) is 10.0 Å². The Morgan fingerprint density at radius 1 is 1.02 bits per heavy atom. The van der Waals surface area contributed by atoms with Gasteiger partial charge in [-0.3, -0.25) is 4.72 Å². The third-order valence-electron chi connectivity index (χ3n) is 8.67. The Kier molecular flexibility index (Phi) is 8.16. The van der Waals surface area contributed by atoms with Crippen LogP contribution in [0.3, 0.4) is 0 Å². The van der Waals surface area contributed by atoms with Crippen molar-refractivity contribution in [1.82, 2.24) is 20.3 Å². The molecule has 1 aliphatic heterocycles. The third kappa shape index (κ3) is 6.54. The molecule has 3 N–H and O–H groups in total. The minimum absolute atomic E-state index is 0.201. The first-order chi connectivity index (χ1) is 20.6. The average Bonchev–Trinajstić information content (AvgIpc) is 2.99. The lowest BCUT2D eigenvalue weighted by Gasteiger charge is -2.46. The Bertz CT molecular complexity index is 1590. The van der Waals surface area contributed by atoms with Crippen LogP contribution in [0.15, 0.2) is 36.7 Å². The van der Waals surface area contributed by atoms with Gasteiger partial charge in [0.2, 0.25) is 27.7 Å². The number of aromatic nitrogens is 3. The molecular weight excluding hydrogens is 588 g/mol. The second-order valence-corrected chi connectivity index (χ2v) is 13.5. The van der Waals surface area contributed by atoms with Gasteiger partial charge in [0.1, 0.15) is 11.9 Å². The summed E-state index contributed by atoms with van der Waals surface area (Å²) in [6.45, 7) is 0.806. The molecule has 4 fully saturated rings. The van der Waals surface area contributed by atoms with Gasteiger partial charge in [-0.2, -0.15) is 4.39 Å². The van der Waals surface area contributed by atoms with Crippen molar-refractivity contribution in [2.24, 2.45) is 11.3 Å². The van der Waals surface area contributed by atoms with Gasteiger partial charge in [0.25, 0.3) is 0 Å². The number of alkyl halides is 1. The SMILES string of the molecule is O=S(=O)(CC12CCC(CC1)CC2)Nc1c(F)cc(Oc2ncccc2-c2ccnc(NC3CNC[C@@H](F)C3)n2)c(F)c1F. The van der Waals surface area contributed by atoms with Gasteiger partial charge in [-0.05, 0) is 68.1 Å². The number of rotatable bonds is 9. The monoisotopic (exact) mass is 620 g/mol. The maximum atomic E-state index is 15.2. The van der Waals surface area contributed by atoms with Crippen molar-refractivity contribution < 1.29 is 30.7 Å². The Labute approximate surface area is 246 Å². The highest BCUT2D eigenvalue weighted by atomic mass is 32.2. The van der Waals surface area contributed by atoms with E-state index in [4.69, 9.17) is 4.74 Å². The summed E-state index contributed by atoms with van der Waals surface area (Å²) in [5.74, 6) is -5.10. The molecule has 1 aromatic carbocycles. The van der Waals surface area contributed by atoms with Gasteiger partial charge < -0.3 is 15.4 Å². The topological polar surface area (TPSA) is 118 Å². The number of piperidine rings is 1. The van der Waals surface area contributed by atoms with E-state index < -0.39 is 50.5 Å². The normalized spacial score (nSPS) is 25.3. The molecule has 230 valence electrons. The number of ether oxygens (including phenoxy) is 1. The van der Waals surface area contributed by atoms with Crippen LogP contribution in [0.5, 0.6) is 11.6 Å². The predicted octanol–water partition coefficient (Wildman–Crippen LogP) is 5.57. The van der Waals surface area contributed by atoms with Crippen LogP contribution in [-0.4, -0.2) is 54.4 Å². The van der Waals surface area contributed by atoms with Gasteiger partial charge in [0, 0.05) is 44.0 Å². The van der Waals surface area contributed by atoms with Crippen molar-refractivity contribution in [2.75, 3.05) is 28.9 Å². The molecule has 2 atom stereocenters. The van der Waals surface area contributed by atoms with E-state index in [1.807, 2.05) is 4.72 Å². The van der Waals surface area contributed by atoms with Crippen LogP contribution in [0.25, 0.3) is 11.3 Å². The van der Waals surface area contributed by atoms with Crippen molar-refractivity contribution in [3.8, 4) is 22.9 Å². The molecule has 0 amide bonds. The standard InChI is InChI=1S/C29H32F4N6O3S/c30-18-12-19(15-34-14-18)37-28-36-11-6-22(38-28)20-2-1-10-35-27(20)42-23-13-21(31)26(25(33)24(23)32)39-43(40,41)16-29-7-3-17(4-8-29)5-9-29/h1-2,6,10-11,13,17-19,34,39H,3-5,7-9,12,14-16H2,(H,36,37,38)/t17?,18-,19?,29?/m0/s1. The second kappa shape index (κ2) is 11.9. The lowest BCUT2D eigenvalue weighted by atomic mass is 9.62. The number of halogens is 4. The first kappa shape index (κ1) is 29.5. The van der Waals surface area contributed by atoms with Crippen LogP contribution in [0.1, 0.15) is 44.9 Å². The maximum absolute atomic E-state index is 15.2. The van der Waals surface area contributed by atoms with Crippen LogP contribution in [0.2, 0.25) is 0 Å². The molecule has 0 spiro atoms. The van der Waals surface area contributed by atoms with Crippen LogP contribution < -0.4 is 20.1 Å². The molecule has 2 bridgehead atoms. The van der Waals surface area contributed by atoms with E-state index in [0.29, 0.717) is 24.2 Å². The molecule has 2 aromatic heterocycles. The maximum Gasteiger partial charge on any atom is 0.233 e. The van der Waals surface area contributed by atoms with Crippen molar-refractivity contribution in [1.29, 1.82) is 0 Å². The van der Waals surface area contributed by atoms with Crippen LogP contribution in [0, 0.1) is 28.8 Å².